The zero-order valence-electron chi connectivity index (χ0n) is 33.0. The second-order valence-corrected chi connectivity index (χ2v) is 16.5. The fraction of sp³-hybridized carbons (Fsp3) is 0.561. The molecular weight excluding hydrogens is 1170 g/mol. The number of aliphatic hydroxyl groups excluding tert-OH is 3. The molecule has 2 saturated carbocycles. The Labute approximate surface area is 403 Å². The van der Waals surface area contributed by atoms with E-state index >= 15 is 0 Å². The van der Waals surface area contributed by atoms with E-state index in [1.165, 1.54) is 26.0 Å². The van der Waals surface area contributed by atoms with Crippen molar-refractivity contribution in [2.45, 2.75) is 115 Å². The van der Waals surface area contributed by atoms with E-state index in [1.54, 1.807) is 70.2 Å². The summed E-state index contributed by atoms with van der Waals surface area (Å²) in [4.78, 5) is 55.1. The zero-order valence-corrected chi connectivity index (χ0v) is 42.4. The molecule has 2 aromatic carbocycles. The van der Waals surface area contributed by atoms with Gasteiger partial charge in [0, 0.05) is 112 Å². The van der Waals surface area contributed by atoms with E-state index in [1.807, 2.05) is 6.07 Å². The van der Waals surface area contributed by atoms with E-state index in [0.29, 0.717) is 0 Å². The van der Waals surface area contributed by atoms with E-state index in [2.05, 4.69) is 5.32 Å². The maximum absolute atomic E-state index is 14.7. The van der Waals surface area contributed by atoms with Crippen molar-refractivity contribution in [3.05, 3.63) is 82.9 Å². The van der Waals surface area contributed by atoms with Crippen LogP contribution in [0, 0.1) is 111 Å². The van der Waals surface area contributed by atoms with Gasteiger partial charge >= 0.3 is 18.0 Å². The van der Waals surface area contributed by atoms with Gasteiger partial charge in [-0.1, -0.05) is 76.2 Å². The smallest absolute Gasteiger partial charge is 0.407 e. The minimum atomic E-state index is -2.29. The summed E-state index contributed by atoms with van der Waals surface area (Å²) in [5.74, 6) is -4.98. The quantitative estimate of drug-likeness (QED) is 0.121. The Morgan fingerprint density at radius 1 is 0.947 bits per heavy atom. The Kier molecular flexibility index (Phi) is 15.6. The molecule has 0 aromatic heterocycles. The largest absolute Gasteiger partial charge is 0.456 e. The molecule has 4 aliphatic rings. The standard InChI is InChI=1S/C41H51NO13.2Ac/c1-21(2)29(42-37(49)52-19-23-13-9-7-10-14-23)31(45)36(48)54-25-18-41(51)34(55-35(47)24-15-11-8-12-16-24)32-39(6,26(43)17-27-40(32,50)20-53-27)33(46)30(44)28(22(25)3)38(41,4)5;;/h7-16,21,25-27,29-32,34,43-45,50-51H,17-20H2,1-6H3,(H,42,49);;/t25?,26-,27+,29-,30+,31+,32-,34-,39+,40-,41+;;/m0../s1. The van der Waals surface area contributed by atoms with Crippen molar-refractivity contribution in [1.29, 1.82) is 0 Å². The maximum atomic E-state index is 14.7. The zero-order chi connectivity index (χ0) is 40.2. The van der Waals surface area contributed by atoms with Crippen LogP contribution in [0.5, 0.6) is 0 Å². The Morgan fingerprint density at radius 2 is 1.54 bits per heavy atom. The van der Waals surface area contributed by atoms with Crippen LogP contribution in [-0.2, 0) is 35.1 Å². The van der Waals surface area contributed by atoms with Gasteiger partial charge < -0.3 is 49.8 Å². The average molecular weight is 1220 g/mol. The summed E-state index contributed by atoms with van der Waals surface area (Å²) in [5, 5.41) is 62.9. The van der Waals surface area contributed by atoms with E-state index in [4.69, 9.17) is 18.9 Å². The van der Waals surface area contributed by atoms with Gasteiger partial charge in [-0.2, -0.15) is 0 Å². The van der Waals surface area contributed by atoms with Gasteiger partial charge in [0.15, 0.2) is 11.9 Å². The first-order valence-corrected chi connectivity index (χ1v) is 18.6. The molecule has 6 rings (SSSR count). The molecule has 3 aliphatic carbocycles. The second-order valence-electron chi connectivity index (χ2n) is 16.5. The van der Waals surface area contributed by atoms with Crippen LogP contribution in [0.2, 0.25) is 0 Å². The van der Waals surface area contributed by atoms with Crippen molar-refractivity contribution in [2.24, 2.45) is 22.7 Å². The van der Waals surface area contributed by atoms with Crippen molar-refractivity contribution in [1.82, 2.24) is 5.32 Å². The van der Waals surface area contributed by atoms with Gasteiger partial charge in [0.25, 0.3) is 0 Å². The first kappa shape index (κ1) is 48.4. The van der Waals surface area contributed by atoms with Crippen LogP contribution in [0.4, 0.5) is 4.79 Å². The monoisotopic (exact) mass is 1220 g/mol. The molecular formula is C41H51Ac2NO13. The number of benzene rings is 2. The molecule has 1 saturated heterocycles. The second kappa shape index (κ2) is 18.4. The van der Waals surface area contributed by atoms with E-state index in [9.17, 15) is 44.7 Å². The molecule has 3 fully saturated rings. The molecule has 0 spiro atoms. The molecule has 2 aromatic rings. The molecule has 16 heteroatoms. The number of carbonyl (C=O) groups excluding carboxylic acids is 4. The van der Waals surface area contributed by atoms with Crippen LogP contribution in [0.15, 0.2) is 71.8 Å². The predicted octanol–water partition coefficient (Wildman–Crippen LogP) is 2.37. The SMILES string of the molecule is CC1=C2[C@@H](O)C(=O)[C@@]3(C)[C@H]([C@H](OC(=O)c4ccccc4)[C@](O)(CC1OC(=O)[C@H](O)[C@@H](NC(=O)OCc1ccccc1)C(C)C)C2(C)C)[C@]1(O)CO[C@@H]1C[C@@H]3O.[Ac].[Ac]. The van der Waals surface area contributed by atoms with Gasteiger partial charge in [-0.25, -0.2) is 14.4 Å². The Balaban J connectivity index is 0.00000360. The summed E-state index contributed by atoms with van der Waals surface area (Å²) >= 11 is 0. The Morgan fingerprint density at radius 3 is 2.11 bits per heavy atom. The number of rotatable bonds is 9. The average Bonchev–Trinajstić information content (AvgIpc) is 3.15. The van der Waals surface area contributed by atoms with E-state index in [0.717, 1.165) is 5.56 Å². The number of aliphatic hydroxyl groups is 5. The number of hydrogen-bond acceptors (Lipinski definition) is 13. The van der Waals surface area contributed by atoms with Gasteiger partial charge in [0.05, 0.1) is 35.8 Å². The minimum Gasteiger partial charge on any atom is -0.456 e. The molecule has 304 valence electrons. The Bertz CT molecular complexity index is 1840. The van der Waals surface area contributed by atoms with Crippen LogP contribution in [0.25, 0.3) is 0 Å². The van der Waals surface area contributed by atoms with Gasteiger partial charge in [-0.05, 0) is 48.6 Å². The normalized spacial score (nSPS) is 33.6. The molecule has 2 bridgehead atoms. The Hall–Kier alpha value is -1.30. The third-order valence-corrected chi connectivity index (χ3v) is 12.7. The van der Waals surface area contributed by atoms with Gasteiger partial charge in [-0.15, -0.1) is 0 Å². The number of Topliss-reactive ketones (excluding diaryl/α,β-unsaturated/α-hetero) is 1. The molecule has 1 aliphatic heterocycles. The molecule has 1 unspecified atom stereocenters. The number of amides is 1. The van der Waals surface area contributed by atoms with Crippen molar-refractivity contribution in [3.63, 3.8) is 0 Å². The molecule has 1 heterocycles. The third kappa shape index (κ3) is 8.50. The van der Waals surface area contributed by atoms with Crippen LogP contribution >= 0.6 is 0 Å². The van der Waals surface area contributed by atoms with Crippen LogP contribution in [-0.4, -0.2) is 110 Å². The predicted molar refractivity (Wildman–Crippen MR) is 194 cm³/mol. The third-order valence-electron chi connectivity index (χ3n) is 12.7. The van der Waals surface area contributed by atoms with E-state index < -0.39 is 107 Å². The summed E-state index contributed by atoms with van der Waals surface area (Å²) in [6.45, 7) is 8.98. The topological polar surface area (TPSA) is 218 Å². The first-order valence-electron chi connectivity index (χ1n) is 18.6. The molecule has 57 heavy (non-hydrogen) atoms. The van der Waals surface area contributed by atoms with Gasteiger partial charge in [0.2, 0.25) is 0 Å². The van der Waals surface area contributed by atoms with Crippen molar-refractivity contribution in [2.75, 3.05) is 6.61 Å². The molecule has 11 atom stereocenters. The number of hydrogen-bond donors (Lipinski definition) is 6. The molecule has 2 radical (unpaired) electrons. The number of alkyl carbamates (subject to hydrolysis) is 1. The first-order chi connectivity index (χ1) is 25.8. The number of ether oxygens (including phenoxy) is 4. The van der Waals surface area contributed by atoms with Crippen LogP contribution in [0.3, 0.4) is 0 Å². The molecule has 1 amide bonds. The number of esters is 2. The minimum absolute atomic E-state index is 0. The molecule has 14 nitrogen and oxygen atoms in total. The summed E-state index contributed by atoms with van der Waals surface area (Å²) < 4.78 is 23.0. The number of carbonyl (C=O) groups is 4. The number of fused-ring (bicyclic) bond motifs is 5. The van der Waals surface area contributed by atoms with Crippen molar-refractivity contribution >= 4 is 23.8 Å². The summed E-state index contributed by atoms with van der Waals surface area (Å²) in [6.07, 6.45) is -11.1. The summed E-state index contributed by atoms with van der Waals surface area (Å²) in [5.41, 5.74) is -6.74. The van der Waals surface area contributed by atoms with E-state index in [-0.39, 0.29) is 124 Å². The van der Waals surface area contributed by atoms with Gasteiger partial charge in [-0.3, -0.25) is 4.79 Å². The molecule has 6 N–H and O–H groups in total. The number of ketones is 1. The van der Waals surface area contributed by atoms with Crippen LogP contribution in [0.1, 0.15) is 70.3 Å². The fourth-order valence-electron chi connectivity index (χ4n) is 9.24. The number of nitrogens with one attached hydrogen (secondary N) is 1. The fourth-order valence-corrected chi connectivity index (χ4v) is 9.24. The van der Waals surface area contributed by atoms with Crippen molar-refractivity contribution < 1.29 is 152 Å². The summed E-state index contributed by atoms with van der Waals surface area (Å²) in [7, 11) is 0. The van der Waals surface area contributed by atoms with Crippen LogP contribution < -0.4 is 5.32 Å². The summed E-state index contributed by atoms with van der Waals surface area (Å²) in [6, 6.07) is 15.6. The maximum Gasteiger partial charge on any atom is 0.407 e. The van der Waals surface area contributed by atoms with Gasteiger partial charge in [0.1, 0.15) is 36.1 Å². The van der Waals surface area contributed by atoms with Crippen molar-refractivity contribution in [3.8, 4) is 0 Å².